The highest BCUT2D eigenvalue weighted by Gasteiger charge is 2.15. The quantitative estimate of drug-likeness (QED) is 0.726. The van der Waals surface area contributed by atoms with Crippen molar-refractivity contribution in [1.29, 1.82) is 0 Å². The van der Waals surface area contributed by atoms with E-state index in [1.807, 2.05) is 0 Å². The van der Waals surface area contributed by atoms with Gasteiger partial charge in [0, 0.05) is 13.1 Å². The van der Waals surface area contributed by atoms with E-state index in [9.17, 15) is 0 Å². The predicted molar refractivity (Wildman–Crippen MR) is 88.1 cm³/mol. The van der Waals surface area contributed by atoms with Crippen LogP contribution >= 0.6 is 25.3 Å². The molecule has 4 heteroatoms. The summed E-state index contributed by atoms with van der Waals surface area (Å²) in [7, 11) is 0. The van der Waals surface area contributed by atoms with Gasteiger partial charge in [-0.25, -0.2) is 0 Å². The van der Waals surface area contributed by atoms with Gasteiger partial charge < -0.3 is 9.80 Å². The zero-order valence-electron chi connectivity index (χ0n) is 12.0. The van der Waals surface area contributed by atoms with Crippen LogP contribution in [0.2, 0.25) is 0 Å². The van der Waals surface area contributed by atoms with Gasteiger partial charge in [-0.1, -0.05) is 13.8 Å². The van der Waals surface area contributed by atoms with Crippen molar-refractivity contribution in [2.24, 2.45) is 11.8 Å². The van der Waals surface area contributed by atoms with E-state index in [2.05, 4.69) is 48.9 Å². The molecule has 0 aromatic rings. The summed E-state index contributed by atoms with van der Waals surface area (Å²) >= 11 is 8.77. The standard InChI is InChI=1S/C14H30N2S2/c1-13(11-17)9-15-5-3-7-16(8-4-6-15)10-14(2)12-18/h13-14,17-18H,3-12H2,1-2H3. The Morgan fingerprint density at radius 1 is 0.778 bits per heavy atom. The number of hydrogen-bond acceptors (Lipinski definition) is 4. The molecule has 1 rings (SSSR count). The van der Waals surface area contributed by atoms with E-state index in [1.54, 1.807) is 0 Å². The Hall–Kier alpha value is 0.620. The van der Waals surface area contributed by atoms with Crippen LogP contribution in [0.1, 0.15) is 26.7 Å². The molecular formula is C14H30N2S2. The molecule has 18 heavy (non-hydrogen) atoms. The largest absolute Gasteiger partial charge is 0.303 e. The third-order valence-corrected chi connectivity index (χ3v) is 4.91. The lowest BCUT2D eigenvalue weighted by Gasteiger charge is -2.32. The molecule has 2 unspecified atom stereocenters. The Balaban J connectivity index is 2.27. The van der Waals surface area contributed by atoms with Gasteiger partial charge in [-0.3, -0.25) is 0 Å². The predicted octanol–water partition coefficient (Wildman–Crippen LogP) is 2.52. The van der Waals surface area contributed by atoms with Crippen molar-refractivity contribution in [1.82, 2.24) is 9.80 Å². The van der Waals surface area contributed by atoms with Crippen molar-refractivity contribution in [3.8, 4) is 0 Å². The van der Waals surface area contributed by atoms with E-state index in [-0.39, 0.29) is 0 Å². The first-order valence-corrected chi connectivity index (χ1v) is 8.58. The molecular weight excluding hydrogens is 260 g/mol. The van der Waals surface area contributed by atoms with Crippen LogP contribution in [0.5, 0.6) is 0 Å². The van der Waals surface area contributed by atoms with Gasteiger partial charge in [-0.2, -0.15) is 25.3 Å². The van der Waals surface area contributed by atoms with Gasteiger partial charge in [0.2, 0.25) is 0 Å². The van der Waals surface area contributed by atoms with Crippen LogP contribution in [0, 0.1) is 11.8 Å². The molecule has 0 aromatic heterocycles. The van der Waals surface area contributed by atoms with Gasteiger partial charge in [0.05, 0.1) is 0 Å². The van der Waals surface area contributed by atoms with Crippen molar-refractivity contribution in [2.45, 2.75) is 26.7 Å². The van der Waals surface area contributed by atoms with Crippen LogP contribution in [0.3, 0.4) is 0 Å². The lowest BCUT2D eigenvalue weighted by Crippen LogP contribution is -2.40. The smallest absolute Gasteiger partial charge is 0.00148 e. The van der Waals surface area contributed by atoms with Gasteiger partial charge in [-0.05, 0) is 62.4 Å². The van der Waals surface area contributed by atoms with Gasteiger partial charge >= 0.3 is 0 Å². The third-order valence-electron chi connectivity index (χ3n) is 3.66. The first-order chi connectivity index (χ1) is 8.65. The van der Waals surface area contributed by atoms with Crippen LogP contribution in [-0.4, -0.2) is 60.6 Å². The summed E-state index contributed by atoms with van der Waals surface area (Å²) in [4.78, 5) is 5.25. The minimum atomic E-state index is 0.716. The molecule has 1 saturated heterocycles. The molecule has 0 radical (unpaired) electrons. The maximum atomic E-state index is 4.38. The molecule has 1 fully saturated rings. The van der Waals surface area contributed by atoms with Crippen molar-refractivity contribution in [2.75, 3.05) is 50.8 Å². The van der Waals surface area contributed by atoms with Crippen LogP contribution < -0.4 is 0 Å². The first kappa shape index (κ1) is 16.7. The zero-order chi connectivity index (χ0) is 13.4. The summed E-state index contributed by atoms with van der Waals surface area (Å²) in [5.41, 5.74) is 0. The number of thiol groups is 2. The summed E-state index contributed by atoms with van der Waals surface area (Å²) in [6.07, 6.45) is 2.61. The normalized spacial score (nSPS) is 23.3. The Kier molecular flexibility index (Phi) is 8.81. The van der Waals surface area contributed by atoms with Gasteiger partial charge in [0.15, 0.2) is 0 Å². The summed E-state index contributed by atoms with van der Waals surface area (Å²) < 4.78 is 0. The van der Waals surface area contributed by atoms with Crippen LogP contribution in [0.25, 0.3) is 0 Å². The highest BCUT2D eigenvalue weighted by molar-refractivity contribution is 7.80. The molecule has 0 bridgehead atoms. The molecule has 0 saturated carbocycles. The summed E-state index contributed by atoms with van der Waals surface area (Å²) in [6, 6.07) is 0. The van der Waals surface area contributed by atoms with Crippen LogP contribution in [-0.2, 0) is 0 Å². The fraction of sp³-hybridized carbons (Fsp3) is 1.00. The van der Waals surface area contributed by atoms with E-state index in [1.165, 1.54) is 52.1 Å². The number of rotatable bonds is 6. The Morgan fingerprint density at radius 3 is 1.39 bits per heavy atom. The van der Waals surface area contributed by atoms with E-state index in [4.69, 9.17) is 0 Å². The topological polar surface area (TPSA) is 6.48 Å². The number of nitrogens with zero attached hydrogens (tertiary/aromatic N) is 2. The maximum absolute atomic E-state index is 4.38. The summed E-state index contributed by atoms with van der Waals surface area (Å²) in [5.74, 6) is 3.44. The van der Waals surface area contributed by atoms with E-state index in [0.717, 1.165) is 11.5 Å². The lowest BCUT2D eigenvalue weighted by molar-refractivity contribution is 0.162. The van der Waals surface area contributed by atoms with Crippen molar-refractivity contribution >= 4 is 25.3 Å². The van der Waals surface area contributed by atoms with E-state index < -0.39 is 0 Å². The number of hydrogen-bond donors (Lipinski definition) is 2. The van der Waals surface area contributed by atoms with E-state index in [0.29, 0.717) is 11.8 Å². The Bertz CT molecular complexity index is 184. The molecule has 2 nitrogen and oxygen atoms in total. The Labute approximate surface area is 124 Å². The highest BCUT2D eigenvalue weighted by Crippen LogP contribution is 2.10. The summed E-state index contributed by atoms with van der Waals surface area (Å²) in [5, 5.41) is 0. The lowest BCUT2D eigenvalue weighted by atomic mass is 10.1. The molecule has 2 atom stereocenters. The second-order valence-corrected chi connectivity index (χ2v) is 6.61. The fourth-order valence-electron chi connectivity index (χ4n) is 2.62. The SMILES string of the molecule is CC(CS)CN1CCCN(CC(C)CS)CCC1. The second kappa shape index (κ2) is 9.51. The molecule has 0 spiro atoms. The van der Waals surface area contributed by atoms with Gasteiger partial charge in [0.1, 0.15) is 0 Å². The minimum absolute atomic E-state index is 0.716. The van der Waals surface area contributed by atoms with Crippen LogP contribution in [0.4, 0.5) is 0 Å². The zero-order valence-corrected chi connectivity index (χ0v) is 13.8. The molecule has 108 valence electrons. The maximum Gasteiger partial charge on any atom is 0.00148 e. The molecule has 1 aliphatic heterocycles. The highest BCUT2D eigenvalue weighted by atomic mass is 32.1. The molecule has 0 N–H and O–H groups in total. The molecule has 0 aliphatic carbocycles. The average Bonchev–Trinajstić information content (AvgIpc) is 2.34. The van der Waals surface area contributed by atoms with Crippen LogP contribution in [0.15, 0.2) is 0 Å². The molecule has 0 amide bonds. The van der Waals surface area contributed by atoms with Crippen molar-refractivity contribution < 1.29 is 0 Å². The second-order valence-electron chi connectivity index (χ2n) is 5.88. The monoisotopic (exact) mass is 290 g/mol. The van der Waals surface area contributed by atoms with Gasteiger partial charge in [-0.15, -0.1) is 0 Å². The fourth-order valence-corrected chi connectivity index (χ4v) is 2.85. The Morgan fingerprint density at radius 2 is 1.11 bits per heavy atom. The molecule has 0 aromatic carbocycles. The van der Waals surface area contributed by atoms with Gasteiger partial charge in [0.25, 0.3) is 0 Å². The van der Waals surface area contributed by atoms with E-state index >= 15 is 0 Å². The average molecular weight is 291 g/mol. The third kappa shape index (κ3) is 6.69. The van der Waals surface area contributed by atoms with Crippen molar-refractivity contribution in [3.63, 3.8) is 0 Å². The van der Waals surface area contributed by atoms with Crippen molar-refractivity contribution in [3.05, 3.63) is 0 Å². The molecule has 1 aliphatic rings. The first-order valence-electron chi connectivity index (χ1n) is 7.32. The summed E-state index contributed by atoms with van der Waals surface area (Å²) in [6.45, 7) is 12.0. The molecule has 1 heterocycles. The minimum Gasteiger partial charge on any atom is -0.303 e.